The Balaban J connectivity index is 0.909. The van der Waals surface area contributed by atoms with E-state index in [1.165, 1.54) is 44.2 Å². The van der Waals surface area contributed by atoms with Crippen molar-refractivity contribution in [3.63, 3.8) is 0 Å². The quantitative estimate of drug-likeness (QED) is 0.152. The lowest BCUT2D eigenvalue weighted by Gasteiger charge is -2.15. The van der Waals surface area contributed by atoms with Gasteiger partial charge in [0.15, 0.2) is 17.5 Å². The fourth-order valence-electron chi connectivity index (χ4n) is 9.70. The van der Waals surface area contributed by atoms with E-state index in [-0.39, 0.29) is 0 Å². The Morgan fingerprint density at radius 2 is 0.765 bits per heavy atom. The standard InChI is InChI=1S/C63H37N5/c64-38-40-25-27-41(28-26-40)47-15-7-18-50(36-47)62-66-61(45-11-2-1-3-12-45)67-63(68-62)51-19-8-17-49(37-51)58-52(39-65)20-10-23-53(58)48-16-6-14-46(35-48)42-29-31-43(32-30-42)54-34-33-44-13-9-24-56-55-21-4-5-22-57(55)60(54)59(44)56/h1-37H. The van der Waals surface area contributed by atoms with Gasteiger partial charge in [0.1, 0.15) is 0 Å². The average molecular weight is 864 g/mol. The van der Waals surface area contributed by atoms with Crippen LogP contribution in [0.3, 0.4) is 0 Å². The van der Waals surface area contributed by atoms with Gasteiger partial charge >= 0.3 is 0 Å². The van der Waals surface area contributed by atoms with Gasteiger partial charge in [0, 0.05) is 22.3 Å². The van der Waals surface area contributed by atoms with Crippen molar-refractivity contribution in [3.05, 3.63) is 236 Å². The van der Waals surface area contributed by atoms with Crippen molar-refractivity contribution in [2.24, 2.45) is 0 Å². The maximum absolute atomic E-state index is 10.6. The molecule has 0 amide bonds. The number of hydrogen-bond acceptors (Lipinski definition) is 5. The number of fused-ring (bicyclic) bond motifs is 3. The maximum atomic E-state index is 10.6. The van der Waals surface area contributed by atoms with E-state index >= 15 is 0 Å². The van der Waals surface area contributed by atoms with Gasteiger partial charge in [-0.05, 0) is 119 Å². The molecule has 314 valence electrons. The van der Waals surface area contributed by atoms with Crippen molar-refractivity contribution in [3.8, 4) is 124 Å². The number of benzene rings is 10. The molecule has 0 saturated carbocycles. The molecule has 0 atom stereocenters. The van der Waals surface area contributed by atoms with Gasteiger partial charge in [-0.3, -0.25) is 0 Å². The van der Waals surface area contributed by atoms with Crippen LogP contribution in [0.5, 0.6) is 0 Å². The summed E-state index contributed by atoms with van der Waals surface area (Å²) in [6, 6.07) is 81.6. The predicted octanol–water partition coefficient (Wildman–Crippen LogP) is 15.8. The van der Waals surface area contributed by atoms with Crippen molar-refractivity contribution in [1.29, 1.82) is 10.5 Å². The van der Waals surface area contributed by atoms with Gasteiger partial charge in [-0.15, -0.1) is 0 Å². The highest BCUT2D eigenvalue weighted by atomic mass is 15.0. The number of nitrogens with zero attached hydrogens (tertiary/aromatic N) is 5. The molecule has 1 aromatic heterocycles. The first kappa shape index (κ1) is 40.0. The predicted molar refractivity (Wildman–Crippen MR) is 275 cm³/mol. The Hall–Kier alpha value is -9.55. The normalized spacial score (nSPS) is 11.2. The molecule has 0 N–H and O–H groups in total. The van der Waals surface area contributed by atoms with Gasteiger partial charge in [0.25, 0.3) is 0 Å². The van der Waals surface area contributed by atoms with Crippen LogP contribution in [0.15, 0.2) is 224 Å². The average Bonchev–Trinajstić information content (AvgIpc) is 3.76. The highest BCUT2D eigenvalue weighted by molar-refractivity contribution is 6.19. The second kappa shape index (κ2) is 16.8. The van der Waals surface area contributed by atoms with Crippen LogP contribution in [0.25, 0.3) is 123 Å². The topological polar surface area (TPSA) is 86.2 Å². The third kappa shape index (κ3) is 7.09. The van der Waals surface area contributed by atoms with Crippen LogP contribution < -0.4 is 0 Å². The molecular formula is C63H37N5. The minimum absolute atomic E-state index is 0.517. The highest BCUT2D eigenvalue weighted by Crippen LogP contribution is 2.51. The Kier molecular flexibility index (Phi) is 9.87. The molecule has 10 aromatic carbocycles. The van der Waals surface area contributed by atoms with E-state index in [0.29, 0.717) is 28.6 Å². The zero-order valence-electron chi connectivity index (χ0n) is 36.6. The lowest BCUT2D eigenvalue weighted by molar-refractivity contribution is 1.07. The molecule has 1 aliphatic rings. The molecular weight excluding hydrogens is 827 g/mol. The summed E-state index contributed by atoms with van der Waals surface area (Å²) in [4.78, 5) is 15.1. The Morgan fingerprint density at radius 1 is 0.279 bits per heavy atom. The summed E-state index contributed by atoms with van der Waals surface area (Å²) in [5.74, 6) is 1.61. The lowest BCUT2D eigenvalue weighted by Crippen LogP contribution is -2.00. The monoisotopic (exact) mass is 863 g/mol. The number of nitriles is 2. The summed E-state index contributed by atoms with van der Waals surface area (Å²) in [6.07, 6.45) is 0. The minimum Gasteiger partial charge on any atom is -0.208 e. The van der Waals surface area contributed by atoms with Crippen molar-refractivity contribution in [2.75, 3.05) is 0 Å². The first-order valence-electron chi connectivity index (χ1n) is 22.5. The van der Waals surface area contributed by atoms with Crippen LogP contribution >= 0.6 is 0 Å². The molecule has 0 aliphatic heterocycles. The number of rotatable bonds is 8. The van der Waals surface area contributed by atoms with Crippen molar-refractivity contribution in [1.82, 2.24) is 15.0 Å². The molecule has 11 aromatic rings. The van der Waals surface area contributed by atoms with Gasteiger partial charge in [-0.25, -0.2) is 15.0 Å². The minimum atomic E-state index is 0.517. The molecule has 5 nitrogen and oxygen atoms in total. The molecule has 0 bridgehead atoms. The van der Waals surface area contributed by atoms with E-state index in [1.54, 1.807) is 0 Å². The van der Waals surface area contributed by atoms with Crippen molar-refractivity contribution in [2.45, 2.75) is 0 Å². The highest BCUT2D eigenvalue weighted by Gasteiger charge is 2.24. The zero-order chi connectivity index (χ0) is 45.6. The Labute approximate surface area is 394 Å². The van der Waals surface area contributed by atoms with Crippen molar-refractivity contribution < 1.29 is 0 Å². The van der Waals surface area contributed by atoms with E-state index in [1.807, 2.05) is 103 Å². The molecule has 0 fully saturated rings. The zero-order valence-corrected chi connectivity index (χ0v) is 36.6. The van der Waals surface area contributed by atoms with Crippen LogP contribution in [0.1, 0.15) is 11.1 Å². The summed E-state index contributed by atoms with van der Waals surface area (Å²) in [6.45, 7) is 0. The summed E-state index contributed by atoms with van der Waals surface area (Å²) in [5, 5.41) is 22.5. The lowest BCUT2D eigenvalue weighted by atomic mass is 9.88. The smallest absolute Gasteiger partial charge is 0.164 e. The van der Waals surface area contributed by atoms with Crippen LogP contribution in [0.4, 0.5) is 0 Å². The van der Waals surface area contributed by atoms with Crippen LogP contribution in [0, 0.1) is 22.7 Å². The number of hydrogen-bond donors (Lipinski definition) is 0. The molecule has 5 heteroatoms. The maximum Gasteiger partial charge on any atom is 0.164 e. The molecule has 12 rings (SSSR count). The summed E-state index contributed by atoms with van der Waals surface area (Å²) >= 11 is 0. The Morgan fingerprint density at radius 3 is 1.46 bits per heavy atom. The van der Waals surface area contributed by atoms with E-state index in [4.69, 9.17) is 15.0 Å². The van der Waals surface area contributed by atoms with Crippen LogP contribution in [-0.4, -0.2) is 15.0 Å². The van der Waals surface area contributed by atoms with Gasteiger partial charge in [-0.1, -0.05) is 188 Å². The van der Waals surface area contributed by atoms with Gasteiger partial charge < -0.3 is 0 Å². The Bertz CT molecular complexity index is 3860. The SMILES string of the molecule is N#Cc1ccc(-c2cccc(-c3nc(-c4ccccc4)nc(-c4cccc(-c5c(C#N)cccc5-c5cccc(-c6ccc(-c7ccc8cccc9c8c7-c7ccccc7-9)cc6)c5)c4)n3)c2)cc1. The van der Waals surface area contributed by atoms with Gasteiger partial charge in [0.05, 0.1) is 23.3 Å². The summed E-state index contributed by atoms with van der Waals surface area (Å²) in [7, 11) is 0. The van der Waals surface area contributed by atoms with E-state index in [0.717, 1.165) is 61.2 Å². The fourth-order valence-corrected chi connectivity index (χ4v) is 9.70. The molecule has 1 aliphatic carbocycles. The van der Waals surface area contributed by atoms with E-state index < -0.39 is 0 Å². The molecule has 0 saturated heterocycles. The molecule has 68 heavy (non-hydrogen) atoms. The van der Waals surface area contributed by atoms with Gasteiger partial charge in [-0.2, -0.15) is 10.5 Å². The fraction of sp³-hybridized carbons (Fsp3) is 0. The summed E-state index contributed by atoms with van der Waals surface area (Å²) in [5.41, 5.74) is 19.1. The first-order chi connectivity index (χ1) is 33.6. The molecule has 1 heterocycles. The number of aromatic nitrogens is 3. The summed E-state index contributed by atoms with van der Waals surface area (Å²) < 4.78 is 0. The first-order valence-corrected chi connectivity index (χ1v) is 22.5. The molecule has 0 unspecified atom stereocenters. The van der Waals surface area contributed by atoms with E-state index in [9.17, 15) is 10.5 Å². The second-order valence-corrected chi connectivity index (χ2v) is 17.0. The van der Waals surface area contributed by atoms with Crippen LogP contribution in [-0.2, 0) is 0 Å². The second-order valence-electron chi connectivity index (χ2n) is 17.0. The third-order valence-electron chi connectivity index (χ3n) is 13.0. The third-order valence-corrected chi connectivity index (χ3v) is 13.0. The van der Waals surface area contributed by atoms with Crippen molar-refractivity contribution >= 4 is 10.8 Å². The van der Waals surface area contributed by atoms with Gasteiger partial charge in [0.2, 0.25) is 0 Å². The van der Waals surface area contributed by atoms with Crippen LogP contribution in [0.2, 0.25) is 0 Å². The molecule has 0 radical (unpaired) electrons. The van der Waals surface area contributed by atoms with E-state index in [2.05, 4.69) is 133 Å². The largest absolute Gasteiger partial charge is 0.208 e. The molecule has 0 spiro atoms.